The summed E-state index contributed by atoms with van der Waals surface area (Å²) in [5.74, 6) is -4.75. The third-order valence-electron chi connectivity index (χ3n) is 3.90. The van der Waals surface area contributed by atoms with Gasteiger partial charge in [0.15, 0.2) is 5.82 Å². The number of halogens is 2. The van der Waals surface area contributed by atoms with Crippen LogP contribution in [0.15, 0.2) is 17.0 Å². The van der Waals surface area contributed by atoms with Crippen LogP contribution in [-0.2, 0) is 10.0 Å². The Hall–Kier alpha value is -1.54. The molecule has 0 saturated heterocycles. The maximum absolute atomic E-state index is 14.0. The Morgan fingerprint density at radius 1 is 1.38 bits per heavy atom. The molecule has 0 radical (unpaired) electrons. The third-order valence-corrected chi connectivity index (χ3v) is 5.32. The number of nitrogens with one attached hydrogen (secondary N) is 1. The lowest BCUT2D eigenvalue weighted by atomic mass is 10.1. The molecule has 0 amide bonds. The topological polar surface area (TPSA) is 83.5 Å². The summed E-state index contributed by atoms with van der Waals surface area (Å²) in [6, 6.07) is 1.36. The Kier molecular flexibility index (Phi) is 4.03. The Bertz CT molecular complexity index is 684. The predicted molar refractivity (Wildman–Crippen MR) is 70.5 cm³/mol. The van der Waals surface area contributed by atoms with Crippen molar-refractivity contribution >= 4 is 16.0 Å². The van der Waals surface area contributed by atoms with Crippen LogP contribution in [0.25, 0.3) is 0 Å². The van der Waals surface area contributed by atoms with E-state index in [2.05, 4.69) is 4.72 Å². The minimum absolute atomic E-state index is 0.0980. The minimum atomic E-state index is -4.22. The van der Waals surface area contributed by atoms with Gasteiger partial charge in [0.2, 0.25) is 10.0 Å². The fraction of sp³-hybridized carbons (Fsp3) is 0.462. The lowest BCUT2D eigenvalue weighted by Gasteiger charge is -2.14. The number of aromatic carboxylic acids is 1. The zero-order valence-electron chi connectivity index (χ0n) is 11.3. The van der Waals surface area contributed by atoms with Crippen molar-refractivity contribution in [2.45, 2.75) is 31.1 Å². The zero-order valence-corrected chi connectivity index (χ0v) is 12.1. The molecule has 1 aromatic rings. The van der Waals surface area contributed by atoms with E-state index < -0.39 is 38.1 Å². The van der Waals surface area contributed by atoms with E-state index in [0.29, 0.717) is 6.07 Å². The summed E-state index contributed by atoms with van der Waals surface area (Å²) >= 11 is 0. The van der Waals surface area contributed by atoms with Gasteiger partial charge in [0, 0.05) is 6.54 Å². The molecule has 0 aromatic heterocycles. The average Bonchev–Trinajstić information content (AvgIpc) is 3.16. The van der Waals surface area contributed by atoms with Gasteiger partial charge in [0.05, 0.1) is 0 Å². The van der Waals surface area contributed by atoms with Crippen molar-refractivity contribution in [3.63, 3.8) is 0 Å². The molecule has 21 heavy (non-hydrogen) atoms. The van der Waals surface area contributed by atoms with Gasteiger partial charge in [-0.1, -0.05) is 6.92 Å². The van der Waals surface area contributed by atoms with Gasteiger partial charge in [-0.3, -0.25) is 0 Å². The summed E-state index contributed by atoms with van der Waals surface area (Å²) in [6.45, 7) is 2.09. The molecule has 0 heterocycles. The Morgan fingerprint density at radius 3 is 2.48 bits per heavy atom. The van der Waals surface area contributed by atoms with Crippen LogP contribution in [0.1, 0.15) is 36.5 Å². The molecule has 1 saturated carbocycles. The van der Waals surface area contributed by atoms with Crippen molar-refractivity contribution in [1.29, 1.82) is 0 Å². The molecule has 0 aliphatic heterocycles. The highest BCUT2D eigenvalue weighted by molar-refractivity contribution is 7.89. The summed E-state index contributed by atoms with van der Waals surface area (Å²) in [7, 11) is -4.22. The lowest BCUT2D eigenvalue weighted by molar-refractivity contribution is 0.0685. The van der Waals surface area contributed by atoms with Crippen molar-refractivity contribution in [3.05, 3.63) is 29.3 Å². The highest BCUT2D eigenvalue weighted by Crippen LogP contribution is 2.48. The van der Waals surface area contributed by atoms with Crippen molar-refractivity contribution in [2.24, 2.45) is 5.41 Å². The molecule has 0 atom stereocenters. The van der Waals surface area contributed by atoms with E-state index in [0.717, 1.165) is 25.3 Å². The van der Waals surface area contributed by atoms with Gasteiger partial charge in [-0.25, -0.2) is 26.7 Å². The first-order valence-electron chi connectivity index (χ1n) is 6.43. The van der Waals surface area contributed by atoms with Gasteiger partial charge in [-0.05, 0) is 36.8 Å². The molecular formula is C13H15F2NO4S. The minimum Gasteiger partial charge on any atom is -0.477 e. The molecule has 1 fully saturated rings. The molecule has 2 rings (SSSR count). The molecule has 1 aliphatic rings. The number of carboxylic acids is 1. The van der Waals surface area contributed by atoms with Crippen LogP contribution in [0.5, 0.6) is 0 Å². The molecule has 1 aromatic carbocycles. The highest BCUT2D eigenvalue weighted by Gasteiger charge is 2.41. The second-order valence-electron chi connectivity index (χ2n) is 5.22. The SMILES string of the molecule is CCC1(CNS(=O)(=O)c2ccc(F)c(C(=O)O)c2F)CC1. The number of carboxylic acid groups (broad SMARTS) is 1. The molecular weight excluding hydrogens is 304 g/mol. The van der Waals surface area contributed by atoms with E-state index in [1.807, 2.05) is 6.92 Å². The molecule has 0 spiro atoms. The van der Waals surface area contributed by atoms with E-state index in [9.17, 15) is 22.0 Å². The molecule has 116 valence electrons. The van der Waals surface area contributed by atoms with E-state index in [1.165, 1.54) is 0 Å². The Balaban J connectivity index is 2.32. The van der Waals surface area contributed by atoms with Crippen LogP contribution in [0.4, 0.5) is 8.78 Å². The van der Waals surface area contributed by atoms with Crippen molar-refractivity contribution in [2.75, 3.05) is 6.54 Å². The average molecular weight is 319 g/mol. The summed E-state index contributed by atoms with van der Waals surface area (Å²) in [5, 5.41) is 8.75. The number of carbonyl (C=O) groups is 1. The maximum Gasteiger partial charge on any atom is 0.341 e. The summed E-state index contributed by atoms with van der Waals surface area (Å²) in [6.07, 6.45) is 2.57. The van der Waals surface area contributed by atoms with Crippen molar-refractivity contribution in [1.82, 2.24) is 4.72 Å². The normalized spacial score (nSPS) is 16.7. The first-order valence-corrected chi connectivity index (χ1v) is 7.92. The molecule has 0 bridgehead atoms. The fourth-order valence-electron chi connectivity index (χ4n) is 2.09. The van der Waals surface area contributed by atoms with Crippen LogP contribution >= 0.6 is 0 Å². The van der Waals surface area contributed by atoms with Crippen LogP contribution in [0, 0.1) is 17.0 Å². The quantitative estimate of drug-likeness (QED) is 0.841. The zero-order chi connectivity index (χ0) is 15.8. The first-order chi connectivity index (χ1) is 9.72. The monoisotopic (exact) mass is 319 g/mol. The lowest BCUT2D eigenvalue weighted by Crippen LogP contribution is -2.31. The van der Waals surface area contributed by atoms with Gasteiger partial charge in [-0.2, -0.15) is 0 Å². The summed E-state index contributed by atoms with van der Waals surface area (Å²) in [5.41, 5.74) is -1.37. The van der Waals surface area contributed by atoms with E-state index in [1.54, 1.807) is 0 Å². The second kappa shape index (κ2) is 5.34. The van der Waals surface area contributed by atoms with Crippen molar-refractivity contribution < 1.29 is 27.1 Å². The van der Waals surface area contributed by atoms with Gasteiger partial charge < -0.3 is 5.11 Å². The Morgan fingerprint density at radius 2 is 2.00 bits per heavy atom. The predicted octanol–water partition coefficient (Wildman–Crippen LogP) is 2.13. The molecule has 5 nitrogen and oxygen atoms in total. The number of hydrogen-bond acceptors (Lipinski definition) is 3. The number of benzene rings is 1. The highest BCUT2D eigenvalue weighted by atomic mass is 32.2. The van der Waals surface area contributed by atoms with E-state index >= 15 is 0 Å². The Labute approximate surface area is 121 Å². The van der Waals surface area contributed by atoms with Gasteiger partial charge in [0.25, 0.3) is 0 Å². The van der Waals surface area contributed by atoms with Crippen LogP contribution in [0.3, 0.4) is 0 Å². The van der Waals surface area contributed by atoms with Gasteiger partial charge in [-0.15, -0.1) is 0 Å². The first kappa shape index (κ1) is 15.8. The van der Waals surface area contributed by atoms with Crippen LogP contribution in [0.2, 0.25) is 0 Å². The largest absolute Gasteiger partial charge is 0.477 e. The standard InChI is InChI=1S/C13H15F2NO4S/c1-2-13(5-6-13)7-16-21(19,20)9-4-3-8(14)10(11(9)15)12(17)18/h3-4,16H,2,5-7H2,1H3,(H,17,18). The van der Waals surface area contributed by atoms with Crippen LogP contribution < -0.4 is 4.72 Å². The van der Waals surface area contributed by atoms with Crippen LogP contribution in [-0.4, -0.2) is 26.0 Å². The molecule has 8 heteroatoms. The second-order valence-corrected chi connectivity index (χ2v) is 6.95. The van der Waals surface area contributed by atoms with Crippen molar-refractivity contribution in [3.8, 4) is 0 Å². The van der Waals surface area contributed by atoms with Gasteiger partial charge in [0.1, 0.15) is 16.3 Å². The summed E-state index contributed by atoms with van der Waals surface area (Å²) < 4.78 is 53.6. The van der Waals surface area contributed by atoms with Gasteiger partial charge >= 0.3 is 5.97 Å². The number of hydrogen-bond donors (Lipinski definition) is 2. The number of sulfonamides is 1. The molecule has 1 aliphatic carbocycles. The maximum atomic E-state index is 14.0. The molecule has 2 N–H and O–H groups in total. The fourth-order valence-corrected chi connectivity index (χ4v) is 3.33. The number of rotatable bonds is 6. The van der Waals surface area contributed by atoms with E-state index in [-0.39, 0.29) is 12.0 Å². The smallest absolute Gasteiger partial charge is 0.341 e. The van der Waals surface area contributed by atoms with E-state index in [4.69, 9.17) is 5.11 Å². The molecule has 0 unspecified atom stereocenters. The summed E-state index contributed by atoms with van der Waals surface area (Å²) in [4.78, 5) is 9.95. The third kappa shape index (κ3) is 3.06.